The molecule has 1 unspecified atom stereocenters. The fourth-order valence-electron chi connectivity index (χ4n) is 1.97. The van der Waals surface area contributed by atoms with Crippen LogP contribution in [0.15, 0.2) is 39.3 Å². The zero-order chi connectivity index (χ0) is 14.9. The second-order valence-electron chi connectivity index (χ2n) is 4.37. The molecule has 2 nitrogen and oxygen atoms in total. The van der Waals surface area contributed by atoms with E-state index in [-0.39, 0.29) is 11.1 Å². The lowest BCUT2D eigenvalue weighted by atomic mass is 9.97. The summed E-state index contributed by atoms with van der Waals surface area (Å²) in [7, 11) is 0. The molecule has 0 aliphatic carbocycles. The predicted octanol–water partition coefficient (Wildman–Crippen LogP) is 4.35. The van der Waals surface area contributed by atoms with E-state index in [2.05, 4.69) is 37.3 Å². The van der Waals surface area contributed by atoms with Crippen molar-refractivity contribution in [2.45, 2.75) is 13.0 Å². The van der Waals surface area contributed by atoms with Gasteiger partial charge in [-0.2, -0.15) is 0 Å². The molecule has 20 heavy (non-hydrogen) atoms. The molecule has 0 aliphatic heterocycles. The fourth-order valence-corrected chi connectivity index (χ4v) is 3.24. The summed E-state index contributed by atoms with van der Waals surface area (Å²) in [6.45, 7) is 1.52. The highest BCUT2D eigenvalue weighted by Crippen LogP contribution is 2.32. The van der Waals surface area contributed by atoms with E-state index < -0.39 is 17.7 Å². The normalized spacial score (nSPS) is 12.5. The minimum absolute atomic E-state index is 0.165. The number of hydrogen-bond acceptors (Lipinski definition) is 2. The summed E-state index contributed by atoms with van der Waals surface area (Å²) < 4.78 is 29.4. The van der Waals surface area contributed by atoms with Crippen LogP contribution in [0.1, 0.15) is 22.7 Å². The molecule has 2 aromatic rings. The fraction of sp³-hybridized carbons (Fsp3) is 0.143. The highest BCUT2D eigenvalue weighted by atomic mass is 79.9. The Bertz CT molecular complexity index is 647. The van der Waals surface area contributed by atoms with Crippen molar-refractivity contribution < 1.29 is 8.78 Å². The number of nitrogens with one attached hydrogen (secondary N) is 1. The van der Waals surface area contributed by atoms with Crippen LogP contribution in [0.3, 0.4) is 0 Å². The van der Waals surface area contributed by atoms with E-state index in [9.17, 15) is 8.78 Å². The van der Waals surface area contributed by atoms with Gasteiger partial charge in [-0.1, -0.05) is 50.1 Å². The molecular formula is C14H12Br2F2N2. The molecule has 2 rings (SSSR count). The van der Waals surface area contributed by atoms with Gasteiger partial charge in [-0.3, -0.25) is 5.84 Å². The van der Waals surface area contributed by atoms with Crippen molar-refractivity contribution in [1.82, 2.24) is 5.43 Å². The van der Waals surface area contributed by atoms with Gasteiger partial charge < -0.3 is 0 Å². The van der Waals surface area contributed by atoms with Gasteiger partial charge in [0.15, 0.2) is 11.6 Å². The van der Waals surface area contributed by atoms with E-state index in [1.165, 1.54) is 19.1 Å². The molecule has 106 valence electrons. The van der Waals surface area contributed by atoms with Crippen LogP contribution in [0.2, 0.25) is 0 Å². The van der Waals surface area contributed by atoms with Crippen LogP contribution in [-0.2, 0) is 0 Å². The largest absolute Gasteiger partial charge is 0.271 e. The molecule has 0 heterocycles. The summed E-state index contributed by atoms with van der Waals surface area (Å²) in [5.41, 5.74) is 3.68. The van der Waals surface area contributed by atoms with E-state index in [1.54, 1.807) is 6.07 Å². The Morgan fingerprint density at radius 2 is 1.70 bits per heavy atom. The minimum Gasteiger partial charge on any atom is -0.271 e. The molecule has 2 aromatic carbocycles. The summed E-state index contributed by atoms with van der Waals surface area (Å²) in [6, 6.07) is 7.84. The molecule has 3 N–H and O–H groups in total. The van der Waals surface area contributed by atoms with Gasteiger partial charge >= 0.3 is 0 Å². The van der Waals surface area contributed by atoms with Crippen molar-refractivity contribution in [2.24, 2.45) is 5.84 Å². The molecule has 0 amide bonds. The van der Waals surface area contributed by atoms with Crippen molar-refractivity contribution in [3.05, 3.63) is 67.6 Å². The van der Waals surface area contributed by atoms with Crippen molar-refractivity contribution in [3.63, 3.8) is 0 Å². The first-order chi connectivity index (χ1) is 9.45. The average Bonchev–Trinajstić information content (AvgIpc) is 2.41. The van der Waals surface area contributed by atoms with Gasteiger partial charge in [0, 0.05) is 14.5 Å². The van der Waals surface area contributed by atoms with E-state index >= 15 is 0 Å². The summed E-state index contributed by atoms with van der Waals surface area (Å²) in [5, 5.41) is 0. The second-order valence-corrected chi connectivity index (χ2v) is 6.14. The topological polar surface area (TPSA) is 38.0 Å². The van der Waals surface area contributed by atoms with Crippen molar-refractivity contribution in [1.29, 1.82) is 0 Å². The molecule has 0 aliphatic rings. The molecule has 0 spiro atoms. The molecule has 1 atom stereocenters. The molecule has 0 saturated heterocycles. The zero-order valence-corrected chi connectivity index (χ0v) is 13.7. The minimum atomic E-state index is -0.886. The van der Waals surface area contributed by atoms with Crippen LogP contribution >= 0.6 is 31.9 Å². The van der Waals surface area contributed by atoms with Gasteiger partial charge in [0.05, 0.1) is 6.04 Å². The maximum atomic E-state index is 14.1. The summed E-state index contributed by atoms with van der Waals surface area (Å²) >= 11 is 6.75. The quantitative estimate of drug-likeness (QED) is 0.588. The standard InChI is InChI=1S/C14H12Br2F2N2/c1-7-2-4-10(13(18)12(7)17)14(20-19)9-5-3-8(15)6-11(9)16/h2-6,14,20H,19H2,1H3. The lowest BCUT2D eigenvalue weighted by molar-refractivity contribution is 0.478. The average molecular weight is 406 g/mol. The Labute approximate surface area is 132 Å². The van der Waals surface area contributed by atoms with Crippen LogP contribution in [0.5, 0.6) is 0 Å². The van der Waals surface area contributed by atoms with Crippen molar-refractivity contribution >= 4 is 31.9 Å². The Kier molecular flexibility index (Phi) is 4.90. The Hall–Kier alpha value is -0.820. The first-order valence-corrected chi connectivity index (χ1v) is 7.40. The molecule has 0 radical (unpaired) electrons. The Balaban J connectivity index is 2.55. The summed E-state index contributed by atoms with van der Waals surface area (Å²) in [5.74, 6) is 3.79. The van der Waals surface area contributed by atoms with Crippen LogP contribution in [-0.4, -0.2) is 0 Å². The number of hydrazine groups is 1. The first kappa shape index (κ1) is 15.6. The monoisotopic (exact) mass is 404 g/mol. The Morgan fingerprint density at radius 3 is 2.30 bits per heavy atom. The van der Waals surface area contributed by atoms with E-state index in [0.29, 0.717) is 0 Å². The van der Waals surface area contributed by atoms with E-state index in [4.69, 9.17) is 5.84 Å². The van der Waals surface area contributed by atoms with Gasteiger partial charge in [0.25, 0.3) is 0 Å². The van der Waals surface area contributed by atoms with Crippen LogP contribution in [0.4, 0.5) is 8.78 Å². The molecule has 0 saturated carbocycles. The number of benzene rings is 2. The van der Waals surface area contributed by atoms with Crippen LogP contribution in [0.25, 0.3) is 0 Å². The third-order valence-corrected chi connectivity index (χ3v) is 4.24. The lowest BCUT2D eigenvalue weighted by Gasteiger charge is -2.20. The highest BCUT2D eigenvalue weighted by molar-refractivity contribution is 9.11. The summed E-state index contributed by atoms with van der Waals surface area (Å²) in [6.07, 6.45) is 0. The van der Waals surface area contributed by atoms with Crippen LogP contribution < -0.4 is 11.3 Å². The van der Waals surface area contributed by atoms with Gasteiger partial charge in [0.1, 0.15) is 0 Å². The molecule has 6 heteroatoms. The molecular weight excluding hydrogens is 394 g/mol. The van der Waals surface area contributed by atoms with Crippen molar-refractivity contribution in [3.8, 4) is 0 Å². The number of rotatable bonds is 3. The zero-order valence-electron chi connectivity index (χ0n) is 10.6. The first-order valence-electron chi connectivity index (χ1n) is 5.81. The van der Waals surface area contributed by atoms with Crippen LogP contribution in [0, 0.1) is 18.6 Å². The molecule has 0 fully saturated rings. The highest BCUT2D eigenvalue weighted by Gasteiger charge is 2.22. The van der Waals surface area contributed by atoms with E-state index in [1.807, 2.05) is 12.1 Å². The number of hydrogen-bond donors (Lipinski definition) is 2. The number of aryl methyl sites for hydroxylation is 1. The van der Waals surface area contributed by atoms with E-state index in [0.717, 1.165) is 14.5 Å². The lowest BCUT2D eigenvalue weighted by Crippen LogP contribution is -2.30. The maximum Gasteiger partial charge on any atom is 0.164 e. The summed E-state index contributed by atoms with van der Waals surface area (Å²) in [4.78, 5) is 0. The smallest absolute Gasteiger partial charge is 0.164 e. The van der Waals surface area contributed by atoms with Crippen molar-refractivity contribution in [2.75, 3.05) is 0 Å². The number of nitrogens with two attached hydrogens (primary N) is 1. The van der Waals surface area contributed by atoms with Gasteiger partial charge in [-0.25, -0.2) is 14.2 Å². The van der Waals surface area contributed by atoms with Gasteiger partial charge in [-0.15, -0.1) is 0 Å². The maximum absolute atomic E-state index is 14.1. The van der Waals surface area contributed by atoms with Gasteiger partial charge in [-0.05, 0) is 30.2 Å². The van der Waals surface area contributed by atoms with Gasteiger partial charge in [0.2, 0.25) is 0 Å². The third kappa shape index (κ3) is 2.93. The predicted molar refractivity (Wildman–Crippen MR) is 82.1 cm³/mol. The third-order valence-electron chi connectivity index (χ3n) is 3.06. The molecule has 0 aromatic heterocycles. The Morgan fingerprint density at radius 1 is 1.05 bits per heavy atom. The number of halogens is 4. The second kappa shape index (κ2) is 6.30. The molecule has 0 bridgehead atoms. The SMILES string of the molecule is Cc1ccc(C(NN)c2ccc(Br)cc2Br)c(F)c1F.